The van der Waals surface area contributed by atoms with Crippen molar-refractivity contribution in [3.05, 3.63) is 46.3 Å². The summed E-state index contributed by atoms with van der Waals surface area (Å²) in [4.78, 5) is 18.1. The SMILES string of the molecule is O=C(O)CCCN1CCN(Cc2ccc(-c3cccc(Cl)c3)s2)CC1. The van der Waals surface area contributed by atoms with E-state index in [1.807, 2.05) is 29.5 Å². The molecule has 0 amide bonds. The van der Waals surface area contributed by atoms with E-state index in [-0.39, 0.29) is 6.42 Å². The van der Waals surface area contributed by atoms with Gasteiger partial charge in [-0.05, 0) is 42.8 Å². The summed E-state index contributed by atoms with van der Waals surface area (Å²) in [5, 5.41) is 9.49. The molecule has 0 aliphatic carbocycles. The zero-order valence-corrected chi connectivity index (χ0v) is 15.7. The van der Waals surface area contributed by atoms with Crippen LogP contribution in [0.5, 0.6) is 0 Å². The van der Waals surface area contributed by atoms with Crippen molar-refractivity contribution in [3.8, 4) is 10.4 Å². The molecule has 0 bridgehead atoms. The fourth-order valence-corrected chi connectivity index (χ4v) is 4.34. The van der Waals surface area contributed by atoms with Crippen LogP contribution in [0.25, 0.3) is 10.4 Å². The topological polar surface area (TPSA) is 43.8 Å². The molecule has 25 heavy (non-hydrogen) atoms. The minimum absolute atomic E-state index is 0.266. The zero-order valence-electron chi connectivity index (χ0n) is 14.2. The van der Waals surface area contributed by atoms with Gasteiger partial charge in [-0.15, -0.1) is 11.3 Å². The highest BCUT2D eigenvalue weighted by Crippen LogP contribution is 2.30. The predicted molar refractivity (Wildman–Crippen MR) is 103 cm³/mol. The van der Waals surface area contributed by atoms with Gasteiger partial charge in [0.05, 0.1) is 0 Å². The molecule has 1 aromatic carbocycles. The smallest absolute Gasteiger partial charge is 0.303 e. The third kappa shape index (κ3) is 5.54. The van der Waals surface area contributed by atoms with Crippen LogP contribution in [0.15, 0.2) is 36.4 Å². The summed E-state index contributed by atoms with van der Waals surface area (Å²) < 4.78 is 0. The van der Waals surface area contributed by atoms with Gasteiger partial charge in [0, 0.05) is 53.9 Å². The first kappa shape index (κ1) is 18.4. The normalized spacial score (nSPS) is 16.2. The first-order valence-electron chi connectivity index (χ1n) is 8.61. The van der Waals surface area contributed by atoms with Gasteiger partial charge in [-0.3, -0.25) is 9.69 Å². The number of nitrogens with zero attached hydrogens (tertiary/aromatic N) is 2. The molecule has 1 aromatic heterocycles. The monoisotopic (exact) mass is 378 g/mol. The van der Waals surface area contributed by atoms with Gasteiger partial charge in [-0.25, -0.2) is 0 Å². The predicted octanol–water partition coefficient (Wildman–Crippen LogP) is 4.05. The molecule has 4 nitrogen and oxygen atoms in total. The molecule has 134 valence electrons. The van der Waals surface area contributed by atoms with Crippen LogP contribution in [0.4, 0.5) is 0 Å². The molecule has 0 atom stereocenters. The molecule has 0 radical (unpaired) electrons. The molecule has 1 aliphatic rings. The number of piperazine rings is 1. The molecule has 6 heteroatoms. The Morgan fingerprint density at radius 1 is 1.12 bits per heavy atom. The number of hydrogen-bond acceptors (Lipinski definition) is 4. The van der Waals surface area contributed by atoms with E-state index in [2.05, 4.69) is 28.0 Å². The summed E-state index contributed by atoms with van der Waals surface area (Å²) in [7, 11) is 0. The molecule has 2 aromatic rings. The van der Waals surface area contributed by atoms with Crippen LogP contribution in [0, 0.1) is 0 Å². The van der Waals surface area contributed by atoms with Gasteiger partial charge in [0.2, 0.25) is 0 Å². The Bertz CT molecular complexity index is 711. The molecule has 3 rings (SSSR count). The van der Waals surface area contributed by atoms with E-state index >= 15 is 0 Å². The number of halogens is 1. The number of benzene rings is 1. The molecule has 0 saturated carbocycles. The Hall–Kier alpha value is -1.40. The average molecular weight is 379 g/mol. The summed E-state index contributed by atoms with van der Waals surface area (Å²) in [6.07, 6.45) is 1.00. The van der Waals surface area contributed by atoms with Gasteiger partial charge in [-0.1, -0.05) is 23.7 Å². The molecule has 1 aliphatic heterocycles. The fourth-order valence-electron chi connectivity index (χ4n) is 3.11. The van der Waals surface area contributed by atoms with E-state index in [9.17, 15) is 4.79 Å². The Balaban J connectivity index is 1.47. The van der Waals surface area contributed by atoms with Gasteiger partial charge in [-0.2, -0.15) is 0 Å². The minimum atomic E-state index is -0.702. The lowest BCUT2D eigenvalue weighted by Crippen LogP contribution is -2.46. The third-order valence-corrected chi connectivity index (χ3v) is 5.83. The standard InChI is InChI=1S/C19H23ClN2O2S/c20-16-4-1-3-15(13-16)18-7-6-17(25-18)14-22-11-9-21(10-12-22)8-2-5-19(23)24/h1,3-4,6-7,13H,2,5,8-12,14H2,(H,23,24). The lowest BCUT2D eigenvalue weighted by Gasteiger charge is -2.34. The summed E-state index contributed by atoms with van der Waals surface area (Å²) >= 11 is 7.91. The van der Waals surface area contributed by atoms with Gasteiger partial charge in [0.1, 0.15) is 0 Å². The lowest BCUT2D eigenvalue weighted by atomic mass is 10.2. The highest BCUT2D eigenvalue weighted by atomic mass is 35.5. The molecule has 1 N–H and O–H groups in total. The van der Waals surface area contributed by atoms with Crippen molar-refractivity contribution in [2.75, 3.05) is 32.7 Å². The van der Waals surface area contributed by atoms with Gasteiger partial charge >= 0.3 is 5.97 Å². The zero-order chi connectivity index (χ0) is 17.6. The van der Waals surface area contributed by atoms with Crippen LogP contribution in [0.3, 0.4) is 0 Å². The Morgan fingerprint density at radius 3 is 2.60 bits per heavy atom. The van der Waals surface area contributed by atoms with Crippen molar-refractivity contribution in [1.82, 2.24) is 9.80 Å². The Labute approximate surface area is 157 Å². The van der Waals surface area contributed by atoms with Crippen LogP contribution in [-0.4, -0.2) is 53.6 Å². The first-order chi connectivity index (χ1) is 12.1. The van der Waals surface area contributed by atoms with Crippen LogP contribution < -0.4 is 0 Å². The van der Waals surface area contributed by atoms with Crippen molar-refractivity contribution >= 4 is 28.9 Å². The largest absolute Gasteiger partial charge is 0.481 e. The number of carboxylic acids is 1. The van der Waals surface area contributed by atoms with Crippen molar-refractivity contribution in [2.24, 2.45) is 0 Å². The van der Waals surface area contributed by atoms with E-state index in [0.717, 1.165) is 50.7 Å². The molecule has 0 spiro atoms. The summed E-state index contributed by atoms with van der Waals surface area (Å²) in [5.74, 6) is -0.702. The Kier molecular flexibility index (Phi) is 6.48. The molecule has 2 heterocycles. The van der Waals surface area contributed by atoms with Crippen molar-refractivity contribution in [3.63, 3.8) is 0 Å². The van der Waals surface area contributed by atoms with E-state index < -0.39 is 5.97 Å². The number of carbonyl (C=O) groups is 1. The fraction of sp³-hybridized carbons (Fsp3) is 0.421. The van der Waals surface area contributed by atoms with E-state index in [1.165, 1.54) is 15.3 Å². The summed E-state index contributed by atoms with van der Waals surface area (Å²) in [6.45, 7) is 5.99. The quantitative estimate of drug-likeness (QED) is 0.789. The molecule has 1 saturated heterocycles. The number of hydrogen-bond donors (Lipinski definition) is 1. The van der Waals surface area contributed by atoms with Crippen molar-refractivity contribution in [1.29, 1.82) is 0 Å². The van der Waals surface area contributed by atoms with Crippen LogP contribution >= 0.6 is 22.9 Å². The average Bonchev–Trinajstić information content (AvgIpc) is 3.05. The number of carboxylic acid groups (broad SMARTS) is 1. The second-order valence-corrected chi connectivity index (χ2v) is 8.00. The molecular formula is C19H23ClN2O2S. The summed E-state index contributed by atoms with van der Waals surface area (Å²) in [5.41, 5.74) is 1.17. The number of thiophene rings is 1. The van der Waals surface area contributed by atoms with Crippen LogP contribution in [0.2, 0.25) is 5.02 Å². The van der Waals surface area contributed by atoms with Gasteiger partial charge < -0.3 is 10.0 Å². The number of aliphatic carboxylic acids is 1. The first-order valence-corrected chi connectivity index (χ1v) is 9.81. The highest BCUT2D eigenvalue weighted by Gasteiger charge is 2.17. The summed E-state index contributed by atoms with van der Waals surface area (Å²) in [6, 6.07) is 12.4. The number of rotatable bonds is 7. The van der Waals surface area contributed by atoms with E-state index in [0.29, 0.717) is 0 Å². The maximum absolute atomic E-state index is 10.6. The van der Waals surface area contributed by atoms with Gasteiger partial charge in [0.25, 0.3) is 0 Å². The lowest BCUT2D eigenvalue weighted by molar-refractivity contribution is -0.137. The maximum Gasteiger partial charge on any atom is 0.303 e. The van der Waals surface area contributed by atoms with E-state index in [4.69, 9.17) is 16.7 Å². The Morgan fingerprint density at radius 2 is 1.88 bits per heavy atom. The van der Waals surface area contributed by atoms with Crippen LogP contribution in [0.1, 0.15) is 17.7 Å². The second-order valence-electron chi connectivity index (χ2n) is 6.39. The highest BCUT2D eigenvalue weighted by molar-refractivity contribution is 7.15. The maximum atomic E-state index is 10.6. The van der Waals surface area contributed by atoms with Crippen LogP contribution in [-0.2, 0) is 11.3 Å². The third-order valence-electron chi connectivity index (χ3n) is 4.48. The van der Waals surface area contributed by atoms with Crippen molar-refractivity contribution in [2.45, 2.75) is 19.4 Å². The second kappa shape index (κ2) is 8.81. The molecule has 0 unspecified atom stereocenters. The minimum Gasteiger partial charge on any atom is -0.481 e. The van der Waals surface area contributed by atoms with Crippen molar-refractivity contribution < 1.29 is 9.90 Å². The van der Waals surface area contributed by atoms with E-state index in [1.54, 1.807) is 0 Å². The molecule has 1 fully saturated rings. The molecular weight excluding hydrogens is 356 g/mol. The van der Waals surface area contributed by atoms with Gasteiger partial charge in [0.15, 0.2) is 0 Å².